The number of nitro groups is 1. The van der Waals surface area contributed by atoms with Crippen LogP contribution in [0.3, 0.4) is 0 Å². The van der Waals surface area contributed by atoms with E-state index in [2.05, 4.69) is 23.8 Å². The molecule has 0 N–H and O–H groups in total. The first kappa shape index (κ1) is 14.1. The molecule has 1 aliphatic heterocycles. The minimum absolute atomic E-state index is 0.148. The number of halogens is 1. The van der Waals surface area contributed by atoms with Gasteiger partial charge in [-0.15, -0.1) is 11.6 Å². The van der Waals surface area contributed by atoms with E-state index in [9.17, 15) is 10.1 Å². The second-order valence-corrected chi connectivity index (χ2v) is 5.26. The monoisotopic (exact) mass is 283 g/mol. The Morgan fingerprint density at radius 1 is 1.47 bits per heavy atom. The minimum atomic E-state index is -0.325. The van der Waals surface area contributed by atoms with Crippen LogP contribution in [0.15, 0.2) is 18.2 Å². The number of likely N-dealkylation sites (N-methyl/N-ethyl adjacent to an activating group) is 1. The summed E-state index contributed by atoms with van der Waals surface area (Å²) in [6.07, 6.45) is 0. The fourth-order valence-corrected chi connectivity index (χ4v) is 2.50. The van der Waals surface area contributed by atoms with Crippen molar-refractivity contribution in [3.63, 3.8) is 0 Å². The molecule has 19 heavy (non-hydrogen) atoms. The second kappa shape index (κ2) is 5.75. The molecule has 1 unspecified atom stereocenters. The lowest BCUT2D eigenvalue weighted by molar-refractivity contribution is -0.384. The van der Waals surface area contributed by atoms with Gasteiger partial charge in [-0.1, -0.05) is 6.07 Å². The number of anilines is 1. The highest BCUT2D eigenvalue weighted by Crippen LogP contribution is 2.31. The van der Waals surface area contributed by atoms with Gasteiger partial charge in [0, 0.05) is 37.6 Å². The topological polar surface area (TPSA) is 49.6 Å². The number of piperazine rings is 1. The van der Waals surface area contributed by atoms with Crippen molar-refractivity contribution in [3.05, 3.63) is 33.9 Å². The first-order valence-corrected chi connectivity index (χ1v) is 6.85. The Kier molecular flexibility index (Phi) is 4.27. The van der Waals surface area contributed by atoms with Crippen molar-refractivity contribution in [2.45, 2.75) is 18.8 Å². The van der Waals surface area contributed by atoms with E-state index >= 15 is 0 Å². The van der Waals surface area contributed by atoms with Crippen molar-refractivity contribution in [1.82, 2.24) is 4.90 Å². The van der Waals surface area contributed by atoms with Crippen LogP contribution < -0.4 is 4.90 Å². The Balaban J connectivity index is 2.31. The normalized spacial score (nSPS) is 20.6. The van der Waals surface area contributed by atoms with Crippen LogP contribution in [0.2, 0.25) is 0 Å². The minimum Gasteiger partial charge on any atom is -0.363 e. The van der Waals surface area contributed by atoms with Gasteiger partial charge in [0.1, 0.15) is 5.69 Å². The number of alkyl halides is 1. The van der Waals surface area contributed by atoms with Gasteiger partial charge < -0.3 is 9.80 Å². The van der Waals surface area contributed by atoms with Crippen molar-refractivity contribution < 1.29 is 4.92 Å². The quantitative estimate of drug-likeness (QED) is 0.486. The standard InChI is InChI=1S/C13H18ClN3O2/c1-10-9-16(6-5-15(10)2)12-4-3-11(8-14)7-13(12)17(18)19/h3-4,7,10H,5-6,8-9H2,1-2H3. The Labute approximate surface area is 117 Å². The summed E-state index contributed by atoms with van der Waals surface area (Å²) in [5.74, 6) is 0.292. The van der Waals surface area contributed by atoms with Gasteiger partial charge in [-0.05, 0) is 25.6 Å². The average Bonchev–Trinajstić information content (AvgIpc) is 2.41. The third-order valence-electron chi connectivity index (χ3n) is 3.69. The molecule has 1 atom stereocenters. The fourth-order valence-electron chi connectivity index (χ4n) is 2.33. The van der Waals surface area contributed by atoms with E-state index in [1.54, 1.807) is 6.07 Å². The van der Waals surface area contributed by atoms with E-state index in [1.165, 1.54) is 0 Å². The lowest BCUT2D eigenvalue weighted by Crippen LogP contribution is -2.50. The molecule has 1 aromatic carbocycles. The van der Waals surface area contributed by atoms with Gasteiger partial charge in [-0.2, -0.15) is 0 Å². The fraction of sp³-hybridized carbons (Fsp3) is 0.538. The first-order chi connectivity index (χ1) is 9.02. The van der Waals surface area contributed by atoms with E-state index < -0.39 is 0 Å². The summed E-state index contributed by atoms with van der Waals surface area (Å²) >= 11 is 5.74. The van der Waals surface area contributed by atoms with Gasteiger partial charge in [0.25, 0.3) is 5.69 Å². The van der Waals surface area contributed by atoms with Gasteiger partial charge in [0.05, 0.1) is 4.92 Å². The third kappa shape index (κ3) is 2.98. The molecule has 0 aliphatic carbocycles. The zero-order valence-electron chi connectivity index (χ0n) is 11.2. The van der Waals surface area contributed by atoms with E-state index in [1.807, 2.05) is 12.1 Å². The molecule has 2 rings (SSSR count). The highest BCUT2D eigenvalue weighted by molar-refractivity contribution is 6.17. The molecular formula is C13H18ClN3O2. The van der Waals surface area contributed by atoms with Crippen LogP contribution in [-0.2, 0) is 5.88 Å². The molecule has 1 fully saturated rings. The summed E-state index contributed by atoms with van der Waals surface area (Å²) in [4.78, 5) is 15.2. The summed E-state index contributed by atoms with van der Waals surface area (Å²) < 4.78 is 0. The van der Waals surface area contributed by atoms with Crippen molar-refractivity contribution in [1.29, 1.82) is 0 Å². The molecule has 1 aromatic rings. The van der Waals surface area contributed by atoms with Crippen LogP contribution in [0.25, 0.3) is 0 Å². The van der Waals surface area contributed by atoms with Crippen molar-refractivity contribution in [2.24, 2.45) is 0 Å². The van der Waals surface area contributed by atoms with Gasteiger partial charge in [-0.3, -0.25) is 10.1 Å². The summed E-state index contributed by atoms with van der Waals surface area (Å²) in [6, 6.07) is 5.64. The maximum Gasteiger partial charge on any atom is 0.292 e. The zero-order valence-corrected chi connectivity index (χ0v) is 11.9. The van der Waals surface area contributed by atoms with Crippen LogP contribution in [0, 0.1) is 10.1 Å². The lowest BCUT2D eigenvalue weighted by Gasteiger charge is -2.38. The molecule has 0 radical (unpaired) electrons. The number of hydrogen-bond acceptors (Lipinski definition) is 4. The number of benzene rings is 1. The smallest absolute Gasteiger partial charge is 0.292 e. The van der Waals surface area contributed by atoms with E-state index in [-0.39, 0.29) is 10.6 Å². The summed E-state index contributed by atoms with van der Waals surface area (Å²) in [5.41, 5.74) is 1.62. The van der Waals surface area contributed by atoms with Gasteiger partial charge in [-0.25, -0.2) is 0 Å². The Hall–Kier alpha value is -1.33. The van der Waals surface area contributed by atoms with E-state index in [0.29, 0.717) is 17.6 Å². The highest BCUT2D eigenvalue weighted by atomic mass is 35.5. The SMILES string of the molecule is CC1CN(c2ccc(CCl)cc2[N+](=O)[O-])CCN1C. The van der Waals surface area contributed by atoms with E-state index in [4.69, 9.17) is 11.6 Å². The maximum atomic E-state index is 11.2. The molecule has 0 aromatic heterocycles. The van der Waals surface area contributed by atoms with E-state index in [0.717, 1.165) is 25.2 Å². The summed E-state index contributed by atoms with van der Waals surface area (Å²) in [7, 11) is 2.08. The van der Waals surface area contributed by atoms with Crippen LogP contribution >= 0.6 is 11.6 Å². The van der Waals surface area contributed by atoms with Crippen LogP contribution in [-0.4, -0.2) is 42.5 Å². The van der Waals surface area contributed by atoms with Crippen LogP contribution in [0.4, 0.5) is 11.4 Å². The van der Waals surface area contributed by atoms with Crippen LogP contribution in [0.1, 0.15) is 12.5 Å². The molecule has 1 saturated heterocycles. The molecule has 104 valence electrons. The van der Waals surface area contributed by atoms with Gasteiger partial charge in [0.2, 0.25) is 0 Å². The number of nitro benzene ring substituents is 1. The third-order valence-corrected chi connectivity index (χ3v) is 4.00. The second-order valence-electron chi connectivity index (χ2n) is 4.99. The largest absolute Gasteiger partial charge is 0.363 e. The number of nitrogens with zero attached hydrogens (tertiary/aromatic N) is 3. The predicted octanol–water partition coefficient (Wildman–Crippen LogP) is 2.47. The van der Waals surface area contributed by atoms with Crippen molar-refractivity contribution >= 4 is 23.0 Å². The van der Waals surface area contributed by atoms with Gasteiger partial charge in [0.15, 0.2) is 0 Å². The molecule has 1 heterocycles. The Bertz CT molecular complexity index is 481. The Morgan fingerprint density at radius 2 is 2.21 bits per heavy atom. The molecule has 1 aliphatic rings. The molecule has 6 heteroatoms. The molecule has 0 saturated carbocycles. The molecular weight excluding hydrogens is 266 g/mol. The summed E-state index contributed by atoms with van der Waals surface area (Å²) in [5, 5.41) is 11.2. The molecule has 0 amide bonds. The number of hydrogen-bond donors (Lipinski definition) is 0. The van der Waals surface area contributed by atoms with Crippen molar-refractivity contribution in [2.75, 3.05) is 31.6 Å². The summed E-state index contributed by atoms with van der Waals surface area (Å²) in [6.45, 7) is 4.65. The Morgan fingerprint density at radius 3 is 2.79 bits per heavy atom. The first-order valence-electron chi connectivity index (χ1n) is 6.31. The zero-order chi connectivity index (χ0) is 14.0. The van der Waals surface area contributed by atoms with Crippen molar-refractivity contribution in [3.8, 4) is 0 Å². The predicted molar refractivity (Wildman–Crippen MR) is 77.0 cm³/mol. The molecule has 0 spiro atoms. The molecule has 0 bridgehead atoms. The lowest BCUT2D eigenvalue weighted by atomic mass is 10.1. The van der Waals surface area contributed by atoms with Gasteiger partial charge >= 0.3 is 0 Å². The van der Waals surface area contributed by atoms with Crippen LogP contribution in [0.5, 0.6) is 0 Å². The molecule has 5 nitrogen and oxygen atoms in total. The highest BCUT2D eigenvalue weighted by Gasteiger charge is 2.26. The average molecular weight is 284 g/mol. The maximum absolute atomic E-state index is 11.2. The number of rotatable bonds is 3.